The molecule has 5 heteroatoms. The minimum absolute atomic E-state index is 0.00329. The van der Waals surface area contributed by atoms with Crippen molar-refractivity contribution in [3.8, 4) is 0 Å². The van der Waals surface area contributed by atoms with Gasteiger partial charge in [0.2, 0.25) is 5.91 Å². The smallest absolute Gasteiger partial charge is 0.249 e. The van der Waals surface area contributed by atoms with E-state index in [-0.39, 0.29) is 24.2 Å². The van der Waals surface area contributed by atoms with Crippen molar-refractivity contribution in [1.82, 2.24) is 5.32 Å². The highest BCUT2D eigenvalue weighted by Crippen LogP contribution is 2.20. The van der Waals surface area contributed by atoms with E-state index in [0.29, 0.717) is 12.6 Å². The molecule has 2 heterocycles. The first-order chi connectivity index (χ1) is 8.69. The molecule has 2 aliphatic rings. The van der Waals surface area contributed by atoms with Gasteiger partial charge in [0.05, 0.1) is 12.2 Å². The first kappa shape index (κ1) is 13.8. The van der Waals surface area contributed by atoms with E-state index in [1.54, 1.807) is 0 Å². The predicted molar refractivity (Wildman–Crippen MR) is 68.1 cm³/mol. The molecular formula is C13H24N2O3. The summed E-state index contributed by atoms with van der Waals surface area (Å²) in [6, 6.07) is 0.140. The van der Waals surface area contributed by atoms with E-state index in [2.05, 4.69) is 5.32 Å². The second kappa shape index (κ2) is 6.50. The molecular weight excluding hydrogens is 232 g/mol. The quantitative estimate of drug-likeness (QED) is 0.754. The van der Waals surface area contributed by atoms with Gasteiger partial charge in [-0.3, -0.25) is 4.79 Å². The van der Waals surface area contributed by atoms with E-state index in [1.807, 2.05) is 6.92 Å². The Morgan fingerprint density at radius 2 is 2.22 bits per heavy atom. The normalized spacial score (nSPS) is 33.6. The molecule has 0 saturated carbocycles. The average Bonchev–Trinajstić information content (AvgIpc) is 2.98. The van der Waals surface area contributed by atoms with Gasteiger partial charge in [-0.1, -0.05) is 0 Å². The number of nitrogens with one attached hydrogen (secondary N) is 1. The van der Waals surface area contributed by atoms with Gasteiger partial charge in [-0.2, -0.15) is 0 Å². The summed E-state index contributed by atoms with van der Waals surface area (Å²) < 4.78 is 11.1. The second-order valence-electron chi connectivity index (χ2n) is 5.34. The second-order valence-corrected chi connectivity index (χ2v) is 5.34. The Hall–Kier alpha value is -0.650. The lowest BCUT2D eigenvalue weighted by Gasteiger charge is -2.20. The molecule has 2 saturated heterocycles. The van der Waals surface area contributed by atoms with E-state index in [4.69, 9.17) is 15.2 Å². The molecule has 2 aliphatic heterocycles. The number of amides is 1. The third-order valence-electron chi connectivity index (χ3n) is 3.69. The van der Waals surface area contributed by atoms with Crippen LogP contribution in [-0.4, -0.2) is 43.4 Å². The Bertz CT molecular complexity index is 279. The van der Waals surface area contributed by atoms with Gasteiger partial charge >= 0.3 is 0 Å². The number of rotatable bonds is 5. The number of carbonyl (C=O) groups excluding carboxylic acids is 1. The van der Waals surface area contributed by atoms with E-state index >= 15 is 0 Å². The SMILES string of the molecule is CC(CC1CCCO1)NC(=O)[C@@H]1CC[C@H](CN)O1. The molecule has 4 atom stereocenters. The fourth-order valence-electron chi connectivity index (χ4n) is 2.69. The summed E-state index contributed by atoms with van der Waals surface area (Å²) in [5.74, 6) is -0.00329. The molecule has 0 aliphatic carbocycles. The van der Waals surface area contributed by atoms with Gasteiger partial charge in [-0.25, -0.2) is 0 Å². The highest BCUT2D eigenvalue weighted by atomic mass is 16.5. The molecule has 0 spiro atoms. The monoisotopic (exact) mass is 256 g/mol. The van der Waals surface area contributed by atoms with Crippen molar-refractivity contribution in [2.75, 3.05) is 13.2 Å². The number of hydrogen-bond acceptors (Lipinski definition) is 4. The summed E-state index contributed by atoms with van der Waals surface area (Å²) in [5, 5.41) is 3.01. The molecule has 0 aromatic heterocycles. The number of hydrogen-bond donors (Lipinski definition) is 2. The first-order valence-corrected chi connectivity index (χ1v) is 6.96. The van der Waals surface area contributed by atoms with Crippen LogP contribution < -0.4 is 11.1 Å². The van der Waals surface area contributed by atoms with Crippen molar-refractivity contribution in [3.63, 3.8) is 0 Å². The zero-order valence-electron chi connectivity index (χ0n) is 11.1. The maximum absolute atomic E-state index is 12.0. The fourth-order valence-corrected chi connectivity index (χ4v) is 2.69. The van der Waals surface area contributed by atoms with Crippen molar-refractivity contribution in [2.24, 2.45) is 5.73 Å². The van der Waals surface area contributed by atoms with Crippen LogP contribution in [0.3, 0.4) is 0 Å². The lowest BCUT2D eigenvalue weighted by Crippen LogP contribution is -2.41. The molecule has 104 valence electrons. The molecule has 2 fully saturated rings. The molecule has 3 N–H and O–H groups in total. The molecule has 1 amide bonds. The summed E-state index contributed by atoms with van der Waals surface area (Å²) in [5.41, 5.74) is 5.53. The van der Waals surface area contributed by atoms with Crippen molar-refractivity contribution in [2.45, 2.75) is 63.4 Å². The molecule has 2 unspecified atom stereocenters. The topological polar surface area (TPSA) is 73.6 Å². The van der Waals surface area contributed by atoms with Crippen LogP contribution in [0.4, 0.5) is 0 Å². The molecule has 0 radical (unpaired) electrons. The maximum Gasteiger partial charge on any atom is 0.249 e. The number of ether oxygens (including phenoxy) is 2. The lowest BCUT2D eigenvalue weighted by molar-refractivity contribution is -0.132. The Morgan fingerprint density at radius 3 is 2.83 bits per heavy atom. The maximum atomic E-state index is 12.0. The molecule has 0 bridgehead atoms. The highest BCUT2D eigenvalue weighted by Gasteiger charge is 2.30. The van der Waals surface area contributed by atoms with Crippen molar-refractivity contribution in [1.29, 1.82) is 0 Å². The van der Waals surface area contributed by atoms with Crippen LogP contribution in [0.1, 0.15) is 39.0 Å². The van der Waals surface area contributed by atoms with E-state index in [1.165, 1.54) is 0 Å². The van der Waals surface area contributed by atoms with Gasteiger partial charge in [0.25, 0.3) is 0 Å². The number of nitrogens with two attached hydrogens (primary N) is 1. The van der Waals surface area contributed by atoms with Gasteiger partial charge in [-0.15, -0.1) is 0 Å². The van der Waals surface area contributed by atoms with Gasteiger partial charge in [0.15, 0.2) is 0 Å². The molecule has 0 aromatic rings. The fraction of sp³-hybridized carbons (Fsp3) is 0.923. The minimum atomic E-state index is -0.314. The minimum Gasteiger partial charge on any atom is -0.378 e. The Balaban J connectivity index is 1.70. The zero-order chi connectivity index (χ0) is 13.0. The van der Waals surface area contributed by atoms with Crippen molar-refractivity contribution < 1.29 is 14.3 Å². The molecule has 2 rings (SSSR count). The van der Waals surface area contributed by atoms with Gasteiger partial charge in [0.1, 0.15) is 6.10 Å². The van der Waals surface area contributed by atoms with E-state index in [9.17, 15) is 4.79 Å². The third kappa shape index (κ3) is 3.67. The highest BCUT2D eigenvalue weighted by molar-refractivity contribution is 5.81. The van der Waals surface area contributed by atoms with Gasteiger partial charge in [-0.05, 0) is 39.0 Å². The van der Waals surface area contributed by atoms with Crippen LogP contribution in [0.2, 0.25) is 0 Å². The molecule has 18 heavy (non-hydrogen) atoms. The summed E-state index contributed by atoms with van der Waals surface area (Å²) in [4.78, 5) is 12.0. The van der Waals surface area contributed by atoms with Crippen LogP contribution in [-0.2, 0) is 14.3 Å². The lowest BCUT2D eigenvalue weighted by atomic mass is 10.1. The van der Waals surface area contributed by atoms with Crippen LogP contribution in [0, 0.1) is 0 Å². The number of carbonyl (C=O) groups is 1. The van der Waals surface area contributed by atoms with Gasteiger partial charge < -0.3 is 20.5 Å². The van der Waals surface area contributed by atoms with Crippen LogP contribution in [0.15, 0.2) is 0 Å². The zero-order valence-corrected chi connectivity index (χ0v) is 11.1. The third-order valence-corrected chi connectivity index (χ3v) is 3.69. The van der Waals surface area contributed by atoms with Crippen molar-refractivity contribution in [3.05, 3.63) is 0 Å². The standard InChI is InChI=1S/C13H24N2O3/c1-9(7-10-3-2-6-17-10)15-13(16)12-5-4-11(8-14)18-12/h9-12H,2-8,14H2,1H3,(H,15,16)/t9?,10?,11-,12+/m1/s1. The summed E-state index contributed by atoms with van der Waals surface area (Å²) in [6.07, 6.45) is 4.83. The predicted octanol–water partition coefficient (Wildman–Crippen LogP) is 0.567. The van der Waals surface area contributed by atoms with Gasteiger partial charge in [0, 0.05) is 19.2 Å². The molecule has 0 aromatic carbocycles. The summed E-state index contributed by atoms with van der Waals surface area (Å²) >= 11 is 0. The Labute approximate surface area is 108 Å². The molecule has 5 nitrogen and oxygen atoms in total. The Morgan fingerprint density at radius 1 is 1.39 bits per heavy atom. The Kier molecular flexibility index (Phi) is 4.97. The summed E-state index contributed by atoms with van der Waals surface area (Å²) in [6.45, 7) is 3.37. The average molecular weight is 256 g/mol. The van der Waals surface area contributed by atoms with Crippen LogP contribution in [0.25, 0.3) is 0 Å². The van der Waals surface area contributed by atoms with Crippen LogP contribution >= 0.6 is 0 Å². The van der Waals surface area contributed by atoms with Crippen molar-refractivity contribution >= 4 is 5.91 Å². The van der Waals surface area contributed by atoms with E-state index < -0.39 is 0 Å². The largest absolute Gasteiger partial charge is 0.378 e. The van der Waals surface area contributed by atoms with E-state index in [0.717, 1.165) is 38.7 Å². The van der Waals surface area contributed by atoms with Crippen LogP contribution in [0.5, 0.6) is 0 Å². The summed E-state index contributed by atoms with van der Waals surface area (Å²) in [7, 11) is 0. The first-order valence-electron chi connectivity index (χ1n) is 6.96.